The maximum Gasteiger partial charge on any atom is 0.408 e. The lowest BCUT2D eigenvalue weighted by molar-refractivity contribution is -0.389. The summed E-state index contributed by atoms with van der Waals surface area (Å²) in [5.41, 5.74) is 1.42. The molecule has 26 heavy (non-hydrogen) atoms. The summed E-state index contributed by atoms with van der Waals surface area (Å²) in [6.45, 7) is 2.14. The summed E-state index contributed by atoms with van der Waals surface area (Å²) >= 11 is 5.91. The van der Waals surface area contributed by atoms with Crippen LogP contribution in [0.3, 0.4) is 0 Å². The first-order chi connectivity index (χ1) is 12.5. The van der Waals surface area contributed by atoms with E-state index in [1.807, 2.05) is 30.3 Å². The highest BCUT2D eigenvalue weighted by molar-refractivity contribution is 6.33. The van der Waals surface area contributed by atoms with E-state index in [4.69, 9.17) is 16.0 Å². The maximum absolute atomic E-state index is 12.2. The van der Waals surface area contributed by atoms with Gasteiger partial charge in [-0.15, -0.1) is 0 Å². The first-order valence-corrected chi connectivity index (χ1v) is 8.11. The number of halogens is 1. The monoisotopic (exact) mass is 374 g/mol. The van der Waals surface area contributed by atoms with Gasteiger partial charge < -0.3 is 19.8 Å². The summed E-state index contributed by atoms with van der Waals surface area (Å²) in [7, 11) is 0. The number of carbonyl (C=O) groups is 1. The molecule has 3 aromatic rings. The molecule has 1 N–H and O–H groups in total. The van der Waals surface area contributed by atoms with Crippen molar-refractivity contribution in [2.24, 2.45) is 0 Å². The van der Waals surface area contributed by atoms with Gasteiger partial charge in [0.15, 0.2) is 10.8 Å². The Balaban J connectivity index is 1.67. The second kappa shape index (κ2) is 7.40. The fourth-order valence-electron chi connectivity index (χ4n) is 2.38. The highest BCUT2D eigenvalue weighted by Crippen LogP contribution is 2.27. The smallest absolute Gasteiger partial charge is 0.408 e. The fraction of sp³-hybridized carbons (Fsp3) is 0.176. The zero-order valence-corrected chi connectivity index (χ0v) is 14.6. The topological polar surface area (TPSA) is 103 Å². The van der Waals surface area contributed by atoms with E-state index in [1.165, 1.54) is 4.68 Å². The van der Waals surface area contributed by atoms with E-state index in [1.54, 1.807) is 19.1 Å². The Labute approximate surface area is 153 Å². The molecule has 0 spiro atoms. The highest BCUT2D eigenvalue weighted by Gasteiger charge is 2.24. The van der Waals surface area contributed by atoms with Crippen LogP contribution < -0.4 is 5.32 Å². The zero-order chi connectivity index (χ0) is 18.7. The number of benzene rings is 1. The van der Waals surface area contributed by atoms with E-state index >= 15 is 0 Å². The molecule has 8 nitrogen and oxygen atoms in total. The van der Waals surface area contributed by atoms with Crippen molar-refractivity contribution in [2.45, 2.75) is 20.0 Å². The minimum atomic E-state index is -0.642. The van der Waals surface area contributed by atoms with Crippen molar-refractivity contribution in [1.29, 1.82) is 0 Å². The van der Waals surface area contributed by atoms with Crippen LogP contribution in [0.1, 0.15) is 27.6 Å². The number of hydrogen-bond donors (Lipinski definition) is 1. The minimum absolute atomic E-state index is 0.0117. The van der Waals surface area contributed by atoms with Crippen molar-refractivity contribution in [1.82, 2.24) is 15.1 Å². The molecule has 0 aliphatic rings. The Morgan fingerprint density at radius 3 is 2.69 bits per heavy atom. The lowest BCUT2D eigenvalue weighted by atomic mass is 10.2. The lowest BCUT2D eigenvalue weighted by Gasteiger charge is -2.03. The van der Waals surface area contributed by atoms with E-state index in [0.717, 1.165) is 5.56 Å². The first-order valence-electron chi connectivity index (χ1n) is 7.74. The minimum Gasteiger partial charge on any atom is -0.454 e. The average Bonchev–Trinajstić information content (AvgIpc) is 3.21. The van der Waals surface area contributed by atoms with Crippen LogP contribution in [0.4, 0.5) is 5.82 Å². The summed E-state index contributed by atoms with van der Waals surface area (Å²) in [5, 5.41) is 17.5. The molecule has 0 unspecified atom stereocenters. The first kappa shape index (κ1) is 17.7. The summed E-state index contributed by atoms with van der Waals surface area (Å²) < 4.78 is 6.88. The van der Waals surface area contributed by atoms with Crippen molar-refractivity contribution in [2.75, 3.05) is 0 Å². The third-order valence-corrected chi connectivity index (χ3v) is 4.22. The summed E-state index contributed by atoms with van der Waals surface area (Å²) in [4.78, 5) is 22.4. The molecule has 0 radical (unpaired) electrons. The maximum atomic E-state index is 12.2. The third kappa shape index (κ3) is 3.75. The van der Waals surface area contributed by atoms with Gasteiger partial charge in [0.1, 0.15) is 12.3 Å². The van der Waals surface area contributed by atoms with Crippen molar-refractivity contribution in [3.63, 3.8) is 0 Å². The number of aromatic nitrogens is 2. The standard InChI is InChI=1S/C17H15ClN4O4/c1-11-15(18)16(22(24)25)20-21(11)10-13-7-8-14(26-13)17(23)19-9-12-5-3-2-4-6-12/h2-8H,9-10H2,1H3,(H,19,23). The number of furan rings is 1. The molecule has 1 aromatic carbocycles. The number of rotatable bonds is 6. The molecular weight excluding hydrogens is 360 g/mol. The average molecular weight is 375 g/mol. The van der Waals surface area contributed by atoms with E-state index in [9.17, 15) is 14.9 Å². The molecule has 0 fully saturated rings. The molecule has 0 saturated heterocycles. The van der Waals surface area contributed by atoms with Crippen molar-refractivity contribution < 1.29 is 14.1 Å². The molecule has 2 aromatic heterocycles. The van der Waals surface area contributed by atoms with Gasteiger partial charge in [0.05, 0.1) is 10.8 Å². The number of amides is 1. The number of hydrogen-bond acceptors (Lipinski definition) is 5. The van der Waals surface area contributed by atoms with E-state index in [0.29, 0.717) is 18.0 Å². The highest BCUT2D eigenvalue weighted by atomic mass is 35.5. The SMILES string of the molecule is Cc1c(Cl)c([N+](=O)[O-])nn1Cc1ccc(C(=O)NCc2ccccc2)o1. The lowest BCUT2D eigenvalue weighted by Crippen LogP contribution is -2.22. The van der Waals surface area contributed by atoms with Crippen LogP contribution in [-0.4, -0.2) is 20.6 Å². The van der Waals surface area contributed by atoms with Gasteiger partial charge in [-0.2, -0.15) is 4.68 Å². The second-order valence-corrected chi connectivity index (χ2v) is 5.95. The van der Waals surface area contributed by atoms with E-state index in [2.05, 4.69) is 10.4 Å². The van der Waals surface area contributed by atoms with Gasteiger partial charge >= 0.3 is 5.82 Å². The summed E-state index contributed by atoms with van der Waals surface area (Å²) in [5.74, 6) is -0.161. The fourth-order valence-corrected chi connectivity index (χ4v) is 2.58. The molecule has 0 atom stereocenters. The largest absolute Gasteiger partial charge is 0.454 e. The van der Waals surface area contributed by atoms with Crippen LogP contribution >= 0.6 is 11.6 Å². The van der Waals surface area contributed by atoms with Crippen LogP contribution in [0.2, 0.25) is 5.02 Å². The van der Waals surface area contributed by atoms with Crippen LogP contribution in [0.15, 0.2) is 46.9 Å². The third-order valence-electron chi connectivity index (χ3n) is 3.78. The van der Waals surface area contributed by atoms with Crippen molar-refractivity contribution in [3.05, 3.63) is 80.4 Å². The molecular formula is C17H15ClN4O4. The number of nitrogens with zero attached hydrogens (tertiary/aromatic N) is 3. The van der Waals surface area contributed by atoms with Gasteiger partial charge in [0, 0.05) is 6.54 Å². The Bertz CT molecular complexity index is 949. The summed E-state index contributed by atoms with van der Waals surface area (Å²) in [6, 6.07) is 12.7. The molecule has 3 rings (SSSR count). The molecule has 0 aliphatic carbocycles. The van der Waals surface area contributed by atoms with Gasteiger partial charge in [-0.1, -0.05) is 41.9 Å². The number of nitro groups is 1. The molecule has 9 heteroatoms. The van der Waals surface area contributed by atoms with Crippen molar-refractivity contribution >= 4 is 23.3 Å². The van der Waals surface area contributed by atoms with Crippen LogP contribution in [0.5, 0.6) is 0 Å². The Morgan fingerprint density at radius 1 is 1.31 bits per heavy atom. The predicted molar refractivity (Wildman–Crippen MR) is 94.1 cm³/mol. The molecule has 0 bridgehead atoms. The second-order valence-electron chi connectivity index (χ2n) is 5.57. The van der Waals surface area contributed by atoms with Gasteiger partial charge in [-0.3, -0.25) is 4.79 Å². The Kier molecular flexibility index (Phi) is 5.04. The normalized spacial score (nSPS) is 10.7. The van der Waals surface area contributed by atoms with Crippen molar-refractivity contribution in [3.8, 4) is 0 Å². The van der Waals surface area contributed by atoms with Crippen LogP contribution in [0, 0.1) is 17.0 Å². The van der Waals surface area contributed by atoms with Gasteiger partial charge in [-0.05, 0) is 29.5 Å². The van der Waals surface area contributed by atoms with Crippen LogP contribution in [-0.2, 0) is 13.1 Å². The Hall–Kier alpha value is -3.13. The summed E-state index contributed by atoms with van der Waals surface area (Å²) in [6.07, 6.45) is 0. The quantitative estimate of drug-likeness (QED) is 0.526. The molecule has 2 heterocycles. The number of nitrogens with one attached hydrogen (secondary N) is 1. The predicted octanol–water partition coefficient (Wildman–Crippen LogP) is 3.32. The van der Waals surface area contributed by atoms with E-state index in [-0.39, 0.29) is 23.2 Å². The molecule has 1 amide bonds. The van der Waals surface area contributed by atoms with Gasteiger partial charge in [0.2, 0.25) is 0 Å². The van der Waals surface area contributed by atoms with Gasteiger partial charge in [0.25, 0.3) is 5.91 Å². The number of carbonyl (C=O) groups excluding carboxylic acids is 1. The Morgan fingerprint density at radius 2 is 2.04 bits per heavy atom. The molecule has 0 aliphatic heterocycles. The molecule has 134 valence electrons. The van der Waals surface area contributed by atoms with Crippen LogP contribution in [0.25, 0.3) is 0 Å². The molecule has 0 saturated carbocycles. The van der Waals surface area contributed by atoms with E-state index < -0.39 is 10.7 Å². The van der Waals surface area contributed by atoms with Gasteiger partial charge in [-0.25, -0.2) is 0 Å². The zero-order valence-electron chi connectivity index (χ0n) is 13.8.